The molecule has 0 saturated carbocycles. The van der Waals surface area contributed by atoms with Gasteiger partial charge in [0.15, 0.2) is 0 Å². The molecule has 0 bridgehead atoms. The predicted molar refractivity (Wildman–Crippen MR) is 104 cm³/mol. The summed E-state index contributed by atoms with van der Waals surface area (Å²) in [6.45, 7) is 0. The Morgan fingerprint density at radius 2 is 1.04 bits per heavy atom. The zero-order chi connectivity index (χ0) is 15.9. The normalized spacial score (nSPS) is 11.3. The van der Waals surface area contributed by atoms with Crippen molar-refractivity contribution in [1.82, 2.24) is 9.97 Å². The fourth-order valence-electron chi connectivity index (χ4n) is 3.05. The van der Waals surface area contributed by atoms with Gasteiger partial charge in [-0.2, -0.15) is 0 Å². The molecule has 0 amide bonds. The first-order chi connectivity index (χ1) is 11.9. The van der Waals surface area contributed by atoms with E-state index in [0.717, 1.165) is 22.5 Å². The van der Waals surface area contributed by atoms with Crippen molar-refractivity contribution < 1.29 is 0 Å². The second-order valence-corrected chi connectivity index (χ2v) is 7.37. The molecule has 0 radical (unpaired) electrons. The van der Waals surface area contributed by atoms with Crippen molar-refractivity contribution in [1.29, 1.82) is 0 Å². The van der Waals surface area contributed by atoms with Gasteiger partial charge in [0.1, 0.15) is 0 Å². The summed E-state index contributed by atoms with van der Waals surface area (Å²) in [5.74, 6) is 0. The Labute approximate surface area is 147 Å². The molecule has 114 valence electrons. The maximum absolute atomic E-state index is 4.68. The number of hydrogen-bond donors (Lipinski definition) is 0. The first-order valence-electron chi connectivity index (χ1n) is 7.66. The van der Waals surface area contributed by atoms with Gasteiger partial charge in [-0.25, -0.2) is 0 Å². The van der Waals surface area contributed by atoms with Gasteiger partial charge >= 0.3 is 0 Å². The summed E-state index contributed by atoms with van der Waals surface area (Å²) in [5, 5.41) is 6.85. The zero-order valence-electron chi connectivity index (χ0n) is 12.6. The van der Waals surface area contributed by atoms with Crippen LogP contribution in [0, 0.1) is 0 Å². The Hall–Kier alpha value is -2.56. The number of thiophene rings is 2. The Morgan fingerprint density at radius 1 is 0.583 bits per heavy atom. The van der Waals surface area contributed by atoms with Crippen LogP contribution in [0.4, 0.5) is 0 Å². The molecule has 3 aromatic heterocycles. The van der Waals surface area contributed by atoms with Crippen LogP contribution >= 0.6 is 22.7 Å². The van der Waals surface area contributed by atoms with Crippen molar-refractivity contribution in [2.75, 3.05) is 0 Å². The Morgan fingerprint density at radius 3 is 1.54 bits per heavy atom. The second kappa shape index (κ2) is 5.51. The molecule has 0 aliphatic rings. The molecule has 2 nitrogen and oxygen atoms in total. The highest BCUT2D eigenvalue weighted by Crippen LogP contribution is 2.40. The van der Waals surface area contributed by atoms with E-state index in [9.17, 15) is 0 Å². The average Bonchev–Trinajstić information content (AvgIpc) is 3.26. The first-order valence-corrected chi connectivity index (χ1v) is 9.42. The highest BCUT2D eigenvalue weighted by atomic mass is 32.1. The zero-order valence-corrected chi connectivity index (χ0v) is 14.3. The predicted octanol–water partition coefficient (Wildman–Crippen LogP) is 6.24. The van der Waals surface area contributed by atoms with E-state index in [1.54, 1.807) is 35.1 Å². The van der Waals surface area contributed by atoms with Gasteiger partial charge in [-0.05, 0) is 12.1 Å². The van der Waals surface area contributed by atoms with E-state index in [4.69, 9.17) is 0 Å². The van der Waals surface area contributed by atoms with Gasteiger partial charge in [-0.15, -0.1) is 22.7 Å². The highest BCUT2D eigenvalue weighted by molar-refractivity contribution is 7.18. The third-order valence-corrected chi connectivity index (χ3v) is 6.10. The van der Waals surface area contributed by atoms with Crippen LogP contribution < -0.4 is 0 Å². The van der Waals surface area contributed by atoms with E-state index in [1.807, 2.05) is 0 Å². The molecule has 5 rings (SSSR count). The maximum atomic E-state index is 4.68. The molecule has 0 saturated heterocycles. The fourth-order valence-corrected chi connectivity index (χ4v) is 4.95. The van der Waals surface area contributed by atoms with Crippen molar-refractivity contribution in [3.8, 4) is 22.5 Å². The van der Waals surface area contributed by atoms with Crippen LogP contribution in [0.3, 0.4) is 0 Å². The van der Waals surface area contributed by atoms with Gasteiger partial charge < -0.3 is 0 Å². The Kier molecular flexibility index (Phi) is 3.18. The van der Waals surface area contributed by atoms with Crippen molar-refractivity contribution in [2.24, 2.45) is 0 Å². The van der Waals surface area contributed by atoms with Crippen molar-refractivity contribution in [3.05, 3.63) is 71.7 Å². The number of fused-ring (bicyclic) bond motifs is 2. The van der Waals surface area contributed by atoms with Gasteiger partial charge in [0.05, 0.1) is 11.4 Å². The van der Waals surface area contributed by atoms with E-state index in [1.165, 1.54) is 20.2 Å². The summed E-state index contributed by atoms with van der Waals surface area (Å²) in [6, 6.07) is 16.9. The van der Waals surface area contributed by atoms with Crippen molar-refractivity contribution in [3.63, 3.8) is 0 Å². The molecule has 0 aliphatic heterocycles. The summed E-state index contributed by atoms with van der Waals surface area (Å²) in [4.78, 5) is 9.37. The van der Waals surface area contributed by atoms with Crippen LogP contribution in [0.1, 0.15) is 0 Å². The lowest BCUT2D eigenvalue weighted by atomic mass is 10.0. The lowest BCUT2D eigenvalue weighted by Gasteiger charge is -2.06. The number of benzene rings is 2. The molecule has 0 atom stereocenters. The molecule has 0 unspecified atom stereocenters. The average molecular weight is 344 g/mol. The first kappa shape index (κ1) is 13.8. The van der Waals surface area contributed by atoms with Crippen molar-refractivity contribution in [2.45, 2.75) is 0 Å². The molecular formula is C20H12N2S2. The van der Waals surface area contributed by atoms with E-state index < -0.39 is 0 Å². The standard InChI is InChI=1S/C20H12N2S2/c1-3-7-17-13(5-1)15(11-23-17)19-20(22-10-9-21-19)16-12-24-18-8-4-2-6-14(16)18/h1-12H. The molecule has 4 heteroatoms. The van der Waals surface area contributed by atoms with Gasteiger partial charge in [-0.3, -0.25) is 9.97 Å². The van der Waals surface area contributed by atoms with Crippen molar-refractivity contribution >= 4 is 42.8 Å². The number of rotatable bonds is 2. The minimum Gasteiger partial charge on any atom is -0.252 e. The number of hydrogen-bond acceptors (Lipinski definition) is 4. The minimum atomic E-state index is 0.957. The summed E-state index contributed by atoms with van der Waals surface area (Å²) in [6.07, 6.45) is 3.56. The van der Waals surface area contributed by atoms with Gasteiger partial charge in [0.25, 0.3) is 0 Å². The molecule has 0 spiro atoms. The lowest BCUT2D eigenvalue weighted by molar-refractivity contribution is 1.22. The summed E-state index contributed by atoms with van der Waals surface area (Å²) < 4.78 is 2.55. The van der Waals surface area contributed by atoms with E-state index in [-0.39, 0.29) is 0 Å². The van der Waals surface area contributed by atoms with Gasteiger partial charge in [-0.1, -0.05) is 36.4 Å². The Bertz CT molecular complexity index is 1080. The summed E-state index contributed by atoms with van der Waals surface area (Å²) >= 11 is 3.51. The van der Waals surface area contributed by atoms with E-state index >= 15 is 0 Å². The van der Waals surface area contributed by atoms with Crippen LogP contribution in [0.2, 0.25) is 0 Å². The molecule has 3 heterocycles. The minimum absolute atomic E-state index is 0.957. The molecule has 0 fully saturated rings. The third-order valence-electron chi connectivity index (χ3n) is 4.17. The van der Waals surface area contributed by atoms with Gasteiger partial charge in [0, 0.05) is 54.5 Å². The molecule has 0 aliphatic carbocycles. The largest absolute Gasteiger partial charge is 0.252 e. The highest BCUT2D eigenvalue weighted by Gasteiger charge is 2.16. The number of nitrogens with zero attached hydrogens (tertiary/aromatic N) is 2. The van der Waals surface area contributed by atoms with Crippen LogP contribution in [0.5, 0.6) is 0 Å². The Balaban J connectivity index is 1.80. The molecule has 0 N–H and O–H groups in total. The van der Waals surface area contributed by atoms with Crippen LogP contribution in [-0.4, -0.2) is 9.97 Å². The lowest BCUT2D eigenvalue weighted by Crippen LogP contribution is -1.91. The SMILES string of the molecule is c1ccc2c(-c3nccnc3-c3csc4ccccc34)csc2c1. The van der Waals surface area contributed by atoms with Crippen LogP contribution in [-0.2, 0) is 0 Å². The van der Waals surface area contributed by atoms with Gasteiger partial charge in [0.2, 0.25) is 0 Å². The van der Waals surface area contributed by atoms with Crippen LogP contribution in [0.15, 0.2) is 71.7 Å². The summed E-state index contributed by atoms with van der Waals surface area (Å²) in [7, 11) is 0. The monoisotopic (exact) mass is 344 g/mol. The quantitative estimate of drug-likeness (QED) is 0.379. The molecule has 5 aromatic rings. The molecular weight excluding hydrogens is 332 g/mol. The van der Waals surface area contributed by atoms with E-state index in [2.05, 4.69) is 69.3 Å². The maximum Gasteiger partial charge on any atom is 0.0980 e. The number of aromatic nitrogens is 2. The topological polar surface area (TPSA) is 25.8 Å². The smallest absolute Gasteiger partial charge is 0.0980 e. The summed E-state index contributed by atoms with van der Waals surface area (Å²) in [5.41, 5.74) is 4.24. The molecule has 24 heavy (non-hydrogen) atoms. The molecule has 2 aromatic carbocycles. The second-order valence-electron chi connectivity index (χ2n) is 5.54. The van der Waals surface area contributed by atoms with E-state index in [0.29, 0.717) is 0 Å². The third kappa shape index (κ3) is 2.08. The fraction of sp³-hybridized carbons (Fsp3) is 0. The van der Waals surface area contributed by atoms with Crippen LogP contribution in [0.25, 0.3) is 42.7 Å².